The van der Waals surface area contributed by atoms with Gasteiger partial charge in [-0.15, -0.1) is 24.0 Å². The van der Waals surface area contributed by atoms with Gasteiger partial charge in [0.2, 0.25) is 0 Å². The van der Waals surface area contributed by atoms with E-state index < -0.39 is 0 Å². The molecule has 4 nitrogen and oxygen atoms in total. The van der Waals surface area contributed by atoms with Crippen molar-refractivity contribution < 1.29 is 4.74 Å². The van der Waals surface area contributed by atoms with Crippen LogP contribution in [0.5, 0.6) is 0 Å². The molecular weight excluding hydrogens is 449 g/mol. The average Bonchev–Trinajstić information content (AvgIpc) is 2.62. The van der Waals surface area contributed by atoms with Crippen LogP contribution < -0.4 is 5.32 Å². The van der Waals surface area contributed by atoms with Gasteiger partial charge in [-0.05, 0) is 49.7 Å². The van der Waals surface area contributed by atoms with Crippen molar-refractivity contribution in [3.05, 3.63) is 34.9 Å². The van der Waals surface area contributed by atoms with Gasteiger partial charge >= 0.3 is 0 Å². The molecule has 0 unspecified atom stereocenters. The monoisotopic (exact) mass is 479 g/mol. The molecule has 0 saturated carbocycles. The zero-order valence-corrected chi connectivity index (χ0v) is 18.4. The van der Waals surface area contributed by atoms with Gasteiger partial charge < -0.3 is 15.0 Å². The summed E-state index contributed by atoms with van der Waals surface area (Å²) in [4.78, 5) is 6.62. The highest BCUT2D eigenvalue weighted by molar-refractivity contribution is 14.0. The normalized spacial score (nSPS) is 15.6. The summed E-state index contributed by atoms with van der Waals surface area (Å²) in [6.45, 7) is 3.78. The molecule has 0 aliphatic carbocycles. The lowest BCUT2D eigenvalue weighted by molar-refractivity contribution is 0.0625. The van der Waals surface area contributed by atoms with Gasteiger partial charge in [0.15, 0.2) is 5.96 Å². The SMILES string of the molecule is CN=C(NCCCc1ccccc1Cl)N(C)CCC1CCOCC1.I. The van der Waals surface area contributed by atoms with Gasteiger partial charge in [0.25, 0.3) is 0 Å². The molecule has 0 radical (unpaired) electrons. The molecule has 0 aromatic heterocycles. The number of rotatable bonds is 7. The van der Waals surface area contributed by atoms with E-state index in [1.165, 1.54) is 24.8 Å². The summed E-state index contributed by atoms with van der Waals surface area (Å²) in [6.07, 6.45) is 5.61. The number of ether oxygens (including phenoxy) is 1. The Morgan fingerprint density at radius 1 is 1.32 bits per heavy atom. The first kappa shape index (κ1) is 22.5. The molecule has 6 heteroatoms. The van der Waals surface area contributed by atoms with E-state index in [0.29, 0.717) is 0 Å². The maximum Gasteiger partial charge on any atom is 0.193 e. The highest BCUT2D eigenvalue weighted by atomic mass is 127. The first-order valence-electron chi connectivity index (χ1n) is 8.93. The minimum atomic E-state index is 0. The van der Waals surface area contributed by atoms with E-state index in [1.807, 2.05) is 25.2 Å². The Hall–Kier alpha value is -0.530. The van der Waals surface area contributed by atoms with Crippen LogP contribution >= 0.6 is 35.6 Å². The van der Waals surface area contributed by atoms with Crippen molar-refractivity contribution in [1.82, 2.24) is 10.2 Å². The molecule has 1 fully saturated rings. The van der Waals surface area contributed by atoms with Crippen LogP contribution in [0.2, 0.25) is 5.02 Å². The number of aryl methyl sites for hydroxylation is 1. The van der Waals surface area contributed by atoms with Crippen molar-refractivity contribution in [3.63, 3.8) is 0 Å². The summed E-state index contributed by atoms with van der Waals surface area (Å²) in [5, 5.41) is 4.31. The van der Waals surface area contributed by atoms with Crippen LogP contribution in [0.1, 0.15) is 31.2 Å². The molecule has 1 aliphatic rings. The van der Waals surface area contributed by atoms with Crippen molar-refractivity contribution in [2.24, 2.45) is 10.9 Å². The second-order valence-electron chi connectivity index (χ2n) is 6.43. The summed E-state index contributed by atoms with van der Waals surface area (Å²) in [5.41, 5.74) is 1.21. The third kappa shape index (κ3) is 8.13. The van der Waals surface area contributed by atoms with Gasteiger partial charge in [-0.1, -0.05) is 29.8 Å². The van der Waals surface area contributed by atoms with Gasteiger partial charge in [0, 0.05) is 45.4 Å². The highest BCUT2D eigenvalue weighted by Gasteiger charge is 2.15. The topological polar surface area (TPSA) is 36.9 Å². The molecule has 1 aromatic rings. The van der Waals surface area contributed by atoms with E-state index >= 15 is 0 Å². The number of benzene rings is 1. The molecule has 25 heavy (non-hydrogen) atoms. The largest absolute Gasteiger partial charge is 0.381 e. The van der Waals surface area contributed by atoms with Crippen molar-refractivity contribution in [2.45, 2.75) is 32.1 Å². The molecule has 0 amide bonds. The molecule has 0 atom stereocenters. The molecule has 1 aliphatic heterocycles. The Labute approximate surface area is 174 Å². The quantitative estimate of drug-likeness (QED) is 0.275. The number of hydrogen-bond donors (Lipinski definition) is 1. The number of guanidine groups is 1. The maximum absolute atomic E-state index is 6.20. The minimum Gasteiger partial charge on any atom is -0.381 e. The van der Waals surface area contributed by atoms with Crippen LogP contribution in [-0.4, -0.2) is 51.3 Å². The summed E-state index contributed by atoms with van der Waals surface area (Å²) < 4.78 is 5.43. The lowest BCUT2D eigenvalue weighted by Gasteiger charge is -2.26. The Morgan fingerprint density at radius 3 is 2.72 bits per heavy atom. The number of halogens is 2. The van der Waals surface area contributed by atoms with E-state index in [1.54, 1.807) is 0 Å². The van der Waals surface area contributed by atoms with Gasteiger partial charge in [-0.3, -0.25) is 4.99 Å². The Bertz CT molecular complexity index is 521. The van der Waals surface area contributed by atoms with E-state index in [-0.39, 0.29) is 24.0 Å². The van der Waals surface area contributed by atoms with E-state index in [9.17, 15) is 0 Å². The summed E-state index contributed by atoms with van der Waals surface area (Å²) in [7, 11) is 3.96. The van der Waals surface area contributed by atoms with Crippen LogP contribution in [0, 0.1) is 5.92 Å². The third-order valence-corrected chi connectivity index (χ3v) is 5.02. The number of aliphatic imine (C=N–C) groups is 1. The zero-order chi connectivity index (χ0) is 17.2. The molecule has 1 heterocycles. The molecule has 0 bridgehead atoms. The van der Waals surface area contributed by atoms with Crippen LogP contribution in [0.25, 0.3) is 0 Å². The van der Waals surface area contributed by atoms with Crippen molar-refractivity contribution >= 4 is 41.5 Å². The lowest BCUT2D eigenvalue weighted by Crippen LogP contribution is -2.40. The molecule has 142 valence electrons. The Morgan fingerprint density at radius 2 is 2.04 bits per heavy atom. The third-order valence-electron chi connectivity index (χ3n) is 4.65. The number of hydrogen-bond acceptors (Lipinski definition) is 2. The van der Waals surface area contributed by atoms with Crippen molar-refractivity contribution in [1.29, 1.82) is 0 Å². The van der Waals surface area contributed by atoms with Gasteiger partial charge in [-0.2, -0.15) is 0 Å². The lowest BCUT2D eigenvalue weighted by atomic mass is 9.96. The smallest absolute Gasteiger partial charge is 0.193 e. The molecule has 1 saturated heterocycles. The van der Waals surface area contributed by atoms with E-state index in [2.05, 4.69) is 28.3 Å². The predicted octanol–water partition coefficient (Wildman–Crippen LogP) is 4.21. The summed E-state index contributed by atoms with van der Waals surface area (Å²) in [5.74, 6) is 1.76. The number of nitrogens with zero attached hydrogens (tertiary/aromatic N) is 2. The molecule has 2 rings (SSSR count). The summed E-state index contributed by atoms with van der Waals surface area (Å²) in [6, 6.07) is 8.06. The predicted molar refractivity (Wildman–Crippen MR) is 117 cm³/mol. The molecule has 1 aromatic carbocycles. The fourth-order valence-electron chi connectivity index (χ4n) is 3.08. The zero-order valence-electron chi connectivity index (χ0n) is 15.3. The van der Waals surface area contributed by atoms with Gasteiger partial charge in [-0.25, -0.2) is 0 Å². The maximum atomic E-state index is 6.20. The van der Waals surface area contributed by atoms with Crippen molar-refractivity contribution in [3.8, 4) is 0 Å². The second-order valence-corrected chi connectivity index (χ2v) is 6.84. The molecule has 0 spiro atoms. The van der Waals surface area contributed by atoms with Crippen LogP contribution in [0.4, 0.5) is 0 Å². The van der Waals surface area contributed by atoms with E-state index in [4.69, 9.17) is 16.3 Å². The summed E-state index contributed by atoms with van der Waals surface area (Å²) >= 11 is 6.20. The highest BCUT2D eigenvalue weighted by Crippen LogP contribution is 2.18. The van der Waals surface area contributed by atoms with Crippen LogP contribution in [0.15, 0.2) is 29.3 Å². The molecular formula is C19H31ClIN3O. The first-order chi connectivity index (χ1) is 11.7. The fraction of sp³-hybridized carbons (Fsp3) is 0.632. The first-order valence-corrected chi connectivity index (χ1v) is 9.31. The van der Waals surface area contributed by atoms with Gasteiger partial charge in [0.05, 0.1) is 0 Å². The fourth-order valence-corrected chi connectivity index (χ4v) is 3.31. The van der Waals surface area contributed by atoms with Crippen LogP contribution in [0.3, 0.4) is 0 Å². The Balaban J connectivity index is 0.00000312. The minimum absolute atomic E-state index is 0. The molecule has 1 N–H and O–H groups in total. The standard InChI is InChI=1S/C19H30ClN3O.HI/c1-21-19(23(2)13-9-16-10-14-24-15-11-16)22-12-5-7-17-6-3-4-8-18(17)20;/h3-4,6,8,16H,5,7,9-15H2,1-2H3,(H,21,22);1H. The van der Waals surface area contributed by atoms with Gasteiger partial charge in [0.1, 0.15) is 0 Å². The average molecular weight is 480 g/mol. The Kier molecular flexibility index (Phi) is 11.5. The van der Waals surface area contributed by atoms with Crippen LogP contribution in [-0.2, 0) is 11.2 Å². The van der Waals surface area contributed by atoms with Crippen molar-refractivity contribution in [2.75, 3.05) is 40.4 Å². The number of nitrogens with one attached hydrogen (secondary N) is 1. The second kappa shape index (κ2) is 12.8. The van der Waals surface area contributed by atoms with E-state index in [0.717, 1.165) is 56.0 Å².